The minimum absolute atomic E-state index is 0.0907. The zero-order valence-electron chi connectivity index (χ0n) is 8.97. The van der Waals surface area contributed by atoms with Crippen molar-refractivity contribution in [2.75, 3.05) is 5.73 Å². The summed E-state index contributed by atoms with van der Waals surface area (Å²) in [4.78, 5) is 4.02. The predicted octanol–water partition coefficient (Wildman–Crippen LogP) is 3.06. The molecule has 1 aromatic carbocycles. The zero-order valence-corrected chi connectivity index (χ0v) is 8.97. The van der Waals surface area contributed by atoms with Gasteiger partial charge in [0.15, 0.2) is 17.5 Å². The summed E-state index contributed by atoms with van der Waals surface area (Å²) in [5.41, 5.74) is 6.66. The van der Waals surface area contributed by atoms with Gasteiger partial charge in [0.1, 0.15) is 0 Å². The molecule has 0 fully saturated rings. The Morgan fingerprint density at radius 3 is 2.35 bits per heavy atom. The Labute approximate surface area is 95.9 Å². The van der Waals surface area contributed by atoms with Crippen LogP contribution >= 0.6 is 0 Å². The topological polar surface area (TPSA) is 38.9 Å². The molecule has 0 amide bonds. The molecule has 0 saturated heterocycles. The molecule has 2 N–H and O–H groups in total. The standard InChI is InChI=1S/C12H9F3N2/c1-6-9(16)4-5-10(17-6)7-2-3-8(13)12(15)11(7)14/h2-5H,16H2,1H3. The highest BCUT2D eigenvalue weighted by Crippen LogP contribution is 2.25. The molecule has 0 unspecified atom stereocenters. The van der Waals surface area contributed by atoms with Crippen LogP contribution in [0.2, 0.25) is 0 Å². The van der Waals surface area contributed by atoms with Crippen LogP contribution in [-0.2, 0) is 0 Å². The number of hydrogen-bond donors (Lipinski definition) is 1. The molecule has 2 nitrogen and oxygen atoms in total. The number of rotatable bonds is 1. The van der Waals surface area contributed by atoms with Crippen molar-refractivity contribution in [3.63, 3.8) is 0 Å². The Kier molecular flexibility index (Phi) is 2.75. The molecule has 2 aromatic rings. The van der Waals surface area contributed by atoms with Gasteiger partial charge in [-0.2, -0.15) is 0 Å². The van der Waals surface area contributed by atoms with Crippen LogP contribution < -0.4 is 5.73 Å². The van der Waals surface area contributed by atoms with Gasteiger partial charge < -0.3 is 5.73 Å². The highest BCUT2D eigenvalue weighted by Gasteiger charge is 2.15. The number of aryl methyl sites for hydroxylation is 1. The second-order valence-corrected chi connectivity index (χ2v) is 3.59. The quantitative estimate of drug-likeness (QED) is 0.775. The van der Waals surface area contributed by atoms with Crippen molar-refractivity contribution in [1.29, 1.82) is 0 Å². The average Bonchev–Trinajstić information content (AvgIpc) is 2.30. The first kappa shape index (κ1) is 11.4. The van der Waals surface area contributed by atoms with Crippen LogP contribution in [0, 0.1) is 24.4 Å². The van der Waals surface area contributed by atoms with E-state index in [2.05, 4.69) is 4.98 Å². The molecule has 0 aliphatic heterocycles. The maximum absolute atomic E-state index is 13.5. The molecular weight excluding hydrogens is 229 g/mol. The highest BCUT2D eigenvalue weighted by molar-refractivity contribution is 5.62. The summed E-state index contributed by atoms with van der Waals surface area (Å²) in [6.07, 6.45) is 0. The molecule has 5 heteroatoms. The molecular formula is C12H9F3N2. The van der Waals surface area contributed by atoms with Gasteiger partial charge in [-0.05, 0) is 31.2 Å². The Hall–Kier alpha value is -2.04. The van der Waals surface area contributed by atoms with Crippen LogP contribution in [0.15, 0.2) is 24.3 Å². The average molecular weight is 238 g/mol. The van der Waals surface area contributed by atoms with Crippen LogP contribution in [0.5, 0.6) is 0 Å². The van der Waals surface area contributed by atoms with E-state index < -0.39 is 17.5 Å². The van der Waals surface area contributed by atoms with Gasteiger partial charge in [-0.25, -0.2) is 13.2 Å². The van der Waals surface area contributed by atoms with E-state index in [1.807, 2.05) is 0 Å². The molecule has 0 spiro atoms. The van der Waals surface area contributed by atoms with E-state index in [1.165, 1.54) is 6.07 Å². The number of hydrogen-bond acceptors (Lipinski definition) is 2. The summed E-state index contributed by atoms with van der Waals surface area (Å²) in [5.74, 6) is -3.97. The highest BCUT2D eigenvalue weighted by atomic mass is 19.2. The number of nitrogens with zero attached hydrogens (tertiary/aromatic N) is 1. The third-order valence-corrected chi connectivity index (χ3v) is 2.44. The number of aromatic nitrogens is 1. The lowest BCUT2D eigenvalue weighted by Crippen LogP contribution is -1.98. The Morgan fingerprint density at radius 1 is 1.00 bits per heavy atom. The number of nitrogen functional groups attached to an aromatic ring is 1. The van der Waals surface area contributed by atoms with Gasteiger partial charge >= 0.3 is 0 Å². The normalized spacial score (nSPS) is 10.6. The summed E-state index contributed by atoms with van der Waals surface area (Å²) in [5, 5.41) is 0. The van der Waals surface area contributed by atoms with Gasteiger partial charge in [-0.15, -0.1) is 0 Å². The van der Waals surface area contributed by atoms with Crippen molar-refractivity contribution in [1.82, 2.24) is 4.98 Å². The molecule has 0 atom stereocenters. The van der Waals surface area contributed by atoms with E-state index in [9.17, 15) is 13.2 Å². The molecule has 2 rings (SSSR count). The third kappa shape index (κ3) is 1.95. The largest absolute Gasteiger partial charge is 0.397 e. The molecule has 0 radical (unpaired) electrons. The van der Waals surface area contributed by atoms with E-state index in [0.717, 1.165) is 12.1 Å². The van der Waals surface area contributed by atoms with Gasteiger partial charge in [0, 0.05) is 5.56 Å². The lowest BCUT2D eigenvalue weighted by Gasteiger charge is -2.06. The number of benzene rings is 1. The predicted molar refractivity (Wildman–Crippen MR) is 58.7 cm³/mol. The van der Waals surface area contributed by atoms with E-state index in [1.54, 1.807) is 13.0 Å². The van der Waals surface area contributed by atoms with Crippen molar-refractivity contribution >= 4 is 5.69 Å². The Bertz CT molecular complexity index is 582. The summed E-state index contributed by atoms with van der Waals surface area (Å²) in [6, 6.07) is 5.00. The molecule has 88 valence electrons. The molecule has 0 bridgehead atoms. The minimum atomic E-state index is -1.50. The number of pyridine rings is 1. The van der Waals surface area contributed by atoms with E-state index in [0.29, 0.717) is 11.4 Å². The maximum Gasteiger partial charge on any atom is 0.195 e. The van der Waals surface area contributed by atoms with Crippen LogP contribution in [0.25, 0.3) is 11.3 Å². The fourth-order valence-corrected chi connectivity index (χ4v) is 1.45. The molecule has 0 aliphatic rings. The molecule has 1 aromatic heterocycles. The maximum atomic E-state index is 13.5. The first-order chi connectivity index (χ1) is 8.00. The van der Waals surface area contributed by atoms with Gasteiger partial charge in [0.25, 0.3) is 0 Å². The van der Waals surface area contributed by atoms with Gasteiger partial charge in [-0.3, -0.25) is 4.98 Å². The van der Waals surface area contributed by atoms with Crippen LogP contribution in [0.4, 0.5) is 18.9 Å². The van der Waals surface area contributed by atoms with E-state index in [4.69, 9.17) is 5.73 Å². The first-order valence-electron chi connectivity index (χ1n) is 4.87. The smallest absolute Gasteiger partial charge is 0.195 e. The number of nitrogens with two attached hydrogens (primary N) is 1. The Morgan fingerprint density at radius 2 is 1.71 bits per heavy atom. The molecule has 1 heterocycles. The summed E-state index contributed by atoms with van der Waals surface area (Å²) >= 11 is 0. The van der Waals surface area contributed by atoms with Gasteiger partial charge in [-0.1, -0.05) is 0 Å². The van der Waals surface area contributed by atoms with Crippen LogP contribution in [0.1, 0.15) is 5.69 Å². The third-order valence-electron chi connectivity index (χ3n) is 2.44. The van der Waals surface area contributed by atoms with Gasteiger partial charge in [0.05, 0.1) is 17.1 Å². The lowest BCUT2D eigenvalue weighted by atomic mass is 10.1. The summed E-state index contributed by atoms with van der Waals surface area (Å²) in [6.45, 7) is 1.65. The molecule has 0 aliphatic carbocycles. The van der Waals surface area contributed by atoms with Crippen molar-refractivity contribution in [2.24, 2.45) is 0 Å². The number of halogens is 3. The van der Waals surface area contributed by atoms with Crippen LogP contribution in [-0.4, -0.2) is 4.98 Å². The SMILES string of the molecule is Cc1nc(-c2ccc(F)c(F)c2F)ccc1N. The molecule has 17 heavy (non-hydrogen) atoms. The monoisotopic (exact) mass is 238 g/mol. The van der Waals surface area contributed by atoms with Crippen molar-refractivity contribution < 1.29 is 13.2 Å². The first-order valence-corrected chi connectivity index (χ1v) is 4.87. The van der Waals surface area contributed by atoms with Crippen molar-refractivity contribution in [3.8, 4) is 11.3 Å². The summed E-state index contributed by atoms with van der Waals surface area (Å²) in [7, 11) is 0. The second kappa shape index (κ2) is 4.08. The van der Waals surface area contributed by atoms with Crippen molar-refractivity contribution in [3.05, 3.63) is 47.4 Å². The molecule has 0 saturated carbocycles. The van der Waals surface area contributed by atoms with E-state index >= 15 is 0 Å². The summed E-state index contributed by atoms with van der Waals surface area (Å²) < 4.78 is 39.3. The lowest BCUT2D eigenvalue weighted by molar-refractivity contribution is 0.449. The van der Waals surface area contributed by atoms with Crippen LogP contribution in [0.3, 0.4) is 0 Å². The number of anilines is 1. The minimum Gasteiger partial charge on any atom is -0.397 e. The zero-order chi connectivity index (χ0) is 12.6. The van der Waals surface area contributed by atoms with E-state index in [-0.39, 0.29) is 11.3 Å². The Balaban J connectivity index is 2.61. The fourth-order valence-electron chi connectivity index (χ4n) is 1.45. The second-order valence-electron chi connectivity index (χ2n) is 3.59. The van der Waals surface area contributed by atoms with Crippen molar-refractivity contribution in [2.45, 2.75) is 6.92 Å². The van der Waals surface area contributed by atoms with Gasteiger partial charge in [0.2, 0.25) is 0 Å². The fraction of sp³-hybridized carbons (Fsp3) is 0.0833.